The maximum Gasteiger partial charge on any atom is 0.0324 e. The van der Waals surface area contributed by atoms with E-state index in [1.54, 1.807) is 0 Å². The van der Waals surface area contributed by atoms with Crippen molar-refractivity contribution in [3.63, 3.8) is 0 Å². The minimum atomic E-state index is 0.407. The van der Waals surface area contributed by atoms with Crippen molar-refractivity contribution in [2.24, 2.45) is 0 Å². The summed E-state index contributed by atoms with van der Waals surface area (Å²) in [6.45, 7) is 9.27. The van der Waals surface area contributed by atoms with Crippen LogP contribution in [0.5, 0.6) is 0 Å². The highest BCUT2D eigenvalue weighted by Gasteiger charge is 2.42. The molecule has 2 aliphatic rings. The van der Waals surface area contributed by atoms with Gasteiger partial charge in [0.05, 0.1) is 0 Å². The van der Waals surface area contributed by atoms with Crippen LogP contribution in [0.1, 0.15) is 63.1 Å². The van der Waals surface area contributed by atoms with Crippen molar-refractivity contribution in [3.8, 4) is 0 Å². The van der Waals surface area contributed by atoms with Crippen molar-refractivity contribution in [1.29, 1.82) is 0 Å². The van der Waals surface area contributed by atoms with Crippen LogP contribution < -0.4 is 5.32 Å². The van der Waals surface area contributed by atoms with Gasteiger partial charge in [0, 0.05) is 30.7 Å². The monoisotopic (exact) mass is 286 g/mol. The summed E-state index contributed by atoms with van der Waals surface area (Å²) in [5.74, 6) is 0. The standard InChI is InChI=1S/C19H30N2/c1-4-18-13-20-19(11-5-6-12-19)14-21(18)16(3)17-9-7-15(2)8-10-17/h7-10,16,18,20H,4-6,11-14H2,1-3H3. The number of nitrogens with zero attached hydrogens (tertiary/aromatic N) is 1. The van der Waals surface area contributed by atoms with E-state index in [1.807, 2.05) is 0 Å². The van der Waals surface area contributed by atoms with E-state index in [-0.39, 0.29) is 0 Å². The van der Waals surface area contributed by atoms with Gasteiger partial charge in [0.15, 0.2) is 0 Å². The van der Waals surface area contributed by atoms with Crippen molar-refractivity contribution in [1.82, 2.24) is 10.2 Å². The SMILES string of the molecule is CCC1CNC2(CCCC2)CN1C(C)c1ccc(C)cc1. The van der Waals surface area contributed by atoms with Crippen molar-refractivity contribution in [2.75, 3.05) is 13.1 Å². The molecule has 3 rings (SSSR count). The Kier molecular flexibility index (Phi) is 4.37. The lowest BCUT2D eigenvalue weighted by Crippen LogP contribution is -2.63. The number of rotatable bonds is 3. The van der Waals surface area contributed by atoms with Gasteiger partial charge in [-0.05, 0) is 38.7 Å². The average molecular weight is 286 g/mol. The Bertz CT molecular complexity index is 459. The van der Waals surface area contributed by atoms with Crippen LogP contribution in [0, 0.1) is 6.92 Å². The second kappa shape index (κ2) is 6.10. The van der Waals surface area contributed by atoms with Gasteiger partial charge in [0.25, 0.3) is 0 Å². The average Bonchev–Trinajstić information content (AvgIpc) is 2.95. The molecule has 1 N–H and O–H groups in total. The summed E-state index contributed by atoms with van der Waals surface area (Å²) in [5.41, 5.74) is 3.23. The molecule has 0 aromatic heterocycles. The van der Waals surface area contributed by atoms with Crippen LogP contribution in [-0.2, 0) is 0 Å². The third-order valence-electron chi connectivity index (χ3n) is 5.76. The summed E-state index contributed by atoms with van der Waals surface area (Å²) in [5, 5.41) is 3.90. The molecule has 1 spiro atoms. The first-order chi connectivity index (χ1) is 10.1. The fraction of sp³-hybridized carbons (Fsp3) is 0.684. The third kappa shape index (κ3) is 3.02. The fourth-order valence-corrected chi connectivity index (χ4v) is 4.24. The molecule has 1 saturated heterocycles. The molecule has 2 fully saturated rings. The molecular weight excluding hydrogens is 256 g/mol. The minimum Gasteiger partial charge on any atom is -0.308 e. The molecule has 1 aliphatic carbocycles. The zero-order valence-corrected chi connectivity index (χ0v) is 13.9. The van der Waals surface area contributed by atoms with E-state index in [1.165, 1.54) is 49.8 Å². The molecule has 21 heavy (non-hydrogen) atoms. The van der Waals surface area contributed by atoms with Gasteiger partial charge in [-0.3, -0.25) is 4.90 Å². The Labute approximate surface area is 129 Å². The Balaban J connectivity index is 1.80. The van der Waals surface area contributed by atoms with Gasteiger partial charge in [-0.15, -0.1) is 0 Å². The van der Waals surface area contributed by atoms with E-state index >= 15 is 0 Å². The molecule has 0 radical (unpaired) electrons. The summed E-state index contributed by atoms with van der Waals surface area (Å²) in [6, 6.07) is 10.3. The first-order valence-corrected chi connectivity index (χ1v) is 8.71. The molecule has 2 unspecified atom stereocenters. The predicted molar refractivity (Wildman–Crippen MR) is 89.6 cm³/mol. The van der Waals surface area contributed by atoms with Crippen LogP contribution in [0.3, 0.4) is 0 Å². The van der Waals surface area contributed by atoms with Gasteiger partial charge < -0.3 is 5.32 Å². The number of piperazine rings is 1. The largest absolute Gasteiger partial charge is 0.308 e. The molecular formula is C19H30N2. The van der Waals surface area contributed by atoms with Crippen molar-refractivity contribution < 1.29 is 0 Å². The Morgan fingerprint density at radius 1 is 1.24 bits per heavy atom. The molecule has 2 heteroatoms. The summed E-state index contributed by atoms with van der Waals surface area (Å²) in [6.07, 6.45) is 6.76. The van der Waals surface area contributed by atoms with E-state index < -0.39 is 0 Å². The number of nitrogens with one attached hydrogen (secondary N) is 1. The van der Waals surface area contributed by atoms with E-state index in [0.717, 1.165) is 6.54 Å². The highest BCUT2D eigenvalue weighted by Crippen LogP contribution is 2.37. The van der Waals surface area contributed by atoms with Crippen molar-refractivity contribution >= 4 is 0 Å². The van der Waals surface area contributed by atoms with Crippen LogP contribution >= 0.6 is 0 Å². The van der Waals surface area contributed by atoms with Gasteiger partial charge in [-0.2, -0.15) is 0 Å². The molecule has 116 valence electrons. The Hall–Kier alpha value is -0.860. The number of aryl methyl sites for hydroxylation is 1. The molecule has 1 aromatic carbocycles. The summed E-state index contributed by atoms with van der Waals surface area (Å²) in [7, 11) is 0. The van der Waals surface area contributed by atoms with E-state index in [9.17, 15) is 0 Å². The maximum atomic E-state index is 3.90. The highest BCUT2D eigenvalue weighted by molar-refractivity contribution is 5.24. The minimum absolute atomic E-state index is 0.407. The summed E-state index contributed by atoms with van der Waals surface area (Å²) < 4.78 is 0. The van der Waals surface area contributed by atoms with E-state index in [0.29, 0.717) is 17.6 Å². The first kappa shape index (κ1) is 15.1. The molecule has 0 bridgehead atoms. The van der Waals surface area contributed by atoms with Gasteiger partial charge in [-0.25, -0.2) is 0 Å². The smallest absolute Gasteiger partial charge is 0.0324 e. The number of hydrogen-bond donors (Lipinski definition) is 1. The quantitative estimate of drug-likeness (QED) is 0.901. The molecule has 1 saturated carbocycles. The predicted octanol–water partition coefficient (Wildman–Crippen LogP) is 4.05. The summed E-state index contributed by atoms with van der Waals surface area (Å²) in [4.78, 5) is 2.77. The molecule has 0 amide bonds. The molecule has 2 atom stereocenters. The Morgan fingerprint density at radius 3 is 2.52 bits per heavy atom. The van der Waals surface area contributed by atoms with Gasteiger partial charge in [0.1, 0.15) is 0 Å². The lowest BCUT2D eigenvalue weighted by molar-refractivity contribution is 0.0462. The number of hydrogen-bond acceptors (Lipinski definition) is 2. The second-order valence-electron chi connectivity index (χ2n) is 7.19. The zero-order chi connectivity index (χ0) is 14.9. The van der Waals surface area contributed by atoms with E-state index in [2.05, 4.69) is 55.3 Å². The van der Waals surface area contributed by atoms with Crippen LogP contribution in [0.25, 0.3) is 0 Å². The van der Waals surface area contributed by atoms with Crippen LogP contribution in [-0.4, -0.2) is 29.6 Å². The van der Waals surface area contributed by atoms with E-state index in [4.69, 9.17) is 0 Å². The van der Waals surface area contributed by atoms with Gasteiger partial charge in [-0.1, -0.05) is 49.6 Å². The second-order valence-corrected chi connectivity index (χ2v) is 7.19. The van der Waals surface area contributed by atoms with Gasteiger partial charge in [0.2, 0.25) is 0 Å². The summed E-state index contributed by atoms with van der Waals surface area (Å²) >= 11 is 0. The normalized spacial score (nSPS) is 27.1. The first-order valence-electron chi connectivity index (χ1n) is 8.71. The zero-order valence-electron chi connectivity index (χ0n) is 13.9. The fourth-order valence-electron chi connectivity index (χ4n) is 4.24. The van der Waals surface area contributed by atoms with Gasteiger partial charge >= 0.3 is 0 Å². The lowest BCUT2D eigenvalue weighted by Gasteiger charge is -2.49. The van der Waals surface area contributed by atoms with Crippen molar-refractivity contribution in [2.45, 2.75) is 70.5 Å². The highest BCUT2D eigenvalue weighted by atomic mass is 15.3. The lowest BCUT2D eigenvalue weighted by atomic mass is 9.89. The third-order valence-corrected chi connectivity index (χ3v) is 5.76. The number of benzene rings is 1. The molecule has 2 nitrogen and oxygen atoms in total. The van der Waals surface area contributed by atoms with Crippen LogP contribution in [0.15, 0.2) is 24.3 Å². The molecule has 1 aliphatic heterocycles. The topological polar surface area (TPSA) is 15.3 Å². The maximum absolute atomic E-state index is 3.90. The van der Waals surface area contributed by atoms with Crippen LogP contribution in [0.4, 0.5) is 0 Å². The molecule has 1 aromatic rings. The Morgan fingerprint density at radius 2 is 1.90 bits per heavy atom. The molecule has 1 heterocycles. The van der Waals surface area contributed by atoms with Crippen LogP contribution in [0.2, 0.25) is 0 Å². The van der Waals surface area contributed by atoms with Crippen molar-refractivity contribution in [3.05, 3.63) is 35.4 Å².